The molecule has 5 rings (SSSR count). The first-order valence-corrected chi connectivity index (χ1v) is 12.1. The van der Waals surface area contributed by atoms with E-state index in [-0.39, 0.29) is 11.4 Å². The molecule has 0 saturated heterocycles. The number of hydrogen-bond acceptors (Lipinski definition) is 5. The van der Waals surface area contributed by atoms with Gasteiger partial charge in [-0.25, -0.2) is 14.4 Å². The van der Waals surface area contributed by atoms with E-state index in [0.717, 1.165) is 25.8 Å². The van der Waals surface area contributed by atoms with Gasteiger partial charge in [0.1, 0.15) is 15.3 Å². The number of fused-ring (bicyclic) bond motifs is 3. The summed E-state index contributed by atoms with van der Waals surface area (Å²) < 4.78 is 16.6. The monoisotopic (exact) mass is 511 g/mol. The fraction of sp³-hybridized carbons (Fsp3) is 0.0870. The lowest BCUT2D eigenvalue weighted by Gasteiger charge is -2.12. The maximum absolute atomic E-state index is 13.5. The first-order valence-electron chi connectivity index (χ1n) is 9.48. The number of rotatable bonds is 5. The van der Waals surface area contributed by atoms with Crippen LogP contribution in [0.2, 0.25) is 0 Å². The molecule has 0 aliphatic rings. The molecule has 0 spiro atoms. The summed E-state index contributed by atoms with van der Waals surface area (Å²) >= 11 is 6.37. The van der Waals surface area contributed by atoms with Gasteiger partial charge in [-0.3, -0.25) is 9.36 Å². The van der Waals surface area contributed by atoms with Gasteiger partial charge in [-0.2, -0.15) is 0 Å². The Hall–Kier alpha value is -2.55. The highest BCUT2D eigenvalue weighted by Crippen LogP contribution is 2.31. The number of pyridine rings is 1. The predicted molar refractivity (Wildman–Crippen MR) is 128 cm³/mol. The lowest BCUT2D eigenvalue weighted by molar-refractivity contribution is 0.623. The third-order valence-electron chi connectivity index (χ3n) is 4.83. The van der Waals surface area contributed by atoms with Crippen LogP contribution >= 0.6 is 39.0 Å². The average molecular weight is 512 g/mol. The first-order chi connectivity index (χ1) is 15.1. The van der Waals surface area contributed by atoms with E-state index in [9.17, 15) is 9.18 Å². The molecule has 0 atom stereocenters. The summed E-state index contributed by atoms with van der Waals surface area (Å²) in [6.07, 6.45) is 1.72. The number of thiophene rings is 1. The van der Waals surface area contributed by atoms with Crippen LogP contribution in [0, 0.1) is 5.82 Å². The van der Waals surface area contributed by atoms with Gasteiger partial charge in [-0.1, -0.05) is 52.0 Å². The molecule has 31 heavy (non-hydrogen) atoms. The van der Waals surface area contributed by atoms with E-state index >= 15 is 0 Å². The number of nitrogens with zero attached hydrogens (tertiary/aromatic N) is 3. The molecule has 5 aromatic rings. The van der Waals surface area contributed by atoms with Gasteiger partial charge in [0.05, 0.1) is 12.1 Å². The van der Waals surface area contributed by atoms with Crippen molar-refractivity contribution >= 4 is 59.5 Å². The zero-order valence-corrected chi connectivity index (χ0v) is 19.3. The maximum atomic E-state index is 13.5. The second-order valence-corrected chi connectivity index (χ2v) is 9.82. The van der Waals surface area contributed by atoms with E-state index in [0.29, 0.717) is 27.7 Å². The number of hydrogen-bond donors (Lipinski definition) is 0. The Kier molecular flexibility index (Phi) is 5.60. The minimum atomic E-state index is -0.301. The Morgan fingerprint density at radius 1 is 1.06 bits per heavy atom. The Labute approximate surface area is 193 Å². The van der Waals surface area contributed by atoms with E-state index in [1.807, 2.05) is 30.3 Å². The molecule has 0 saturated carbocycles. The number of aromatic nitrogens is 3. The Bertz CT molecular complexity index is 1460. The Morgan fingerprint density at radius 3 is 2.71 bits per heavy atom. The molecule has 0 amide bonds. The van der Waals surface area contributed by atoms with Crippen LogP contribution in [0.25, 0.3) is 20.4 Å². The summed E-state index contributed by atoms with van der Waals surface area (Å²) in [5, 5.41) is 1.52. The molecule has 2 aromatic carbocycles. The highest BCUT2D eigenvalue weighted by atomic mass is 79.9. The van der Waals surface area contributed by atoms with Crippen LogP contribution in [0.3, 0.4) is 0 Å². The molecule has 0 unspecified atom stereocenters. The second-order valence-electron chi connectivity index (χ2n) is 6.97. The van der Waals surface area contributed by atoms with Gasteiger partial charge < -0.3 is 0 Å². The van der Waals surface area contributed by atoms with Crippen molar-refractivity contribution in [3.05, 3.63) is 98.6 Å². The van der Waals surface area contributed by atoms with Gasteiger partial charge in [-0.05, 0) is 47.5 Å². The molecule has 154 valence electrons. The number of halogens is 2. The van der Waals surface area contributed by atoms with Crippen LogP contribution in [0.5, 0.6) is 0 Å². The second kappa shape index (κ2) is 8.53. The third kappa shape index (κ3) is 4.15. The van der Waals surface area contributed by atoms with Gasteiger partial charge in [0.25, 0.3) is 5.56 Å². The molecule has 8 heteroatoms. The van der Waals surface area contributed by atoms with E-state index in [1.54, 1.807) is 22.9 Å². The normalized spacial score (nSPS) is 11.4. The smallest absolute Gasteiger partial charge is 0.272 e. The van der Waals surface area contributed by atoms with Crippen molar-refractivity contribution in [3.8, 4) is 0 Å². The molecule has 3 heterocycles. The highest BCUT2D eigenvalue weighted by molar-refractivity contribution is 9.10. The number of thioether (sulfide) groups is 1. The highest BCUT2D eigenvalue weighted by Gasteiger charge is 2.17. The van der Waals surface area contributed by atoms with Crippen molar-refractivity contribution in [2.75, 3.05) is 0 Å². The minimum absolute atomic E-state index is 0.103. The Balaban J connectivity index is 1.63. The third-order valence-corrected chi connectivity index (χ3v) is 7.46. The van der Waals surface area contributed by atoms with Crippen molar-refractivity contribution in [3.63, 3.8) is 0 Å². The van der Waals surface area contributed by atoms with Crippen molar-refractivity contribution in [2.24, 2.45) is 0 Å². The minimum Gasteiger partial charge on any atom is -0.282 e. The van der Waals surface area contributed by atoms with Crippen molar-refractivity contribution in [1.29, 1.82) is 0 Å². The molecule has 0 radical (unpaired) electrons. The summed E-state index contributed by atoms with van der Waals surface area (Å²) in [7, 11) is 0. The molecule has 3 aromatic heterocycles. The molecule has 0 aliphatic carbocycles. The average Bonchev–Trinajstić information content (AvgIpc) is 3.15. The fourth-order valence-electron chi connectivity index (χ4n) is 3.34. The van der Waals surface area contributed by atoms with Crippen molar-refractivity contribution in [2.45, 2.75) is 17.5 Å². The molecular formula is C23H15BrFN3OS2. The van der Waals surface area contributed by atoms with Gasteiger partial charge >= 0.3 is 0 Å². The Morgan fingerprint density at radius 2 is 1.90 bits per heavy atom. The molecule has 4 nitrogen and oxygen atoms in total. The van der Waals surface area contributed by atoms with Gasteiger partial charge in [0.2, 0.25) is 0 Å². The quantitative estimate of drug-likeness (QED) is 0.206. The van der Waals surface area contributed by atoms with Crippen LogP contribution in [0.4, 0.5) is 4.39 Å². The van der Waals surface area contributed by atoms with E-state index in [2.05, 4.69) is 27.0 Å². The first kappa shape index (κ1) is 20.4. The summed E-state index contributed by atoms with van der Waals surface area (Å²) in [4.78, 5) is 23.5. The summed E-state index contributed by atoms with van der Waals surface area (Å²) in [6, 6.07) is 18.1. The van der Waals surface area contributed by atoms with Crippen molar-refractivity contribution < 1.29 is 4.39 Å². The fourth-order valence-corrected chi connectivity index (χ4v) is 5.75. The molecular weight excluding hydrogens is 497 g/mol. The zero-order valence-electron chi connectivity index (χ0n) is 16.1. The van der Waals surface area contributed by atoms with Crippen LogP contribution in [-0.2, 0) is 12.3 Å². The van der Waals surface area contributed by atoms with E-state index in [1.165, 1.54) is 35.2 Å². The van der Waals surface area contributed by atoms with Crippen LogP contribution < -0.4 is 5.56 Å². The lowest BCUT2D eigenvalue weighted by atomic mass is 10.2. The van der Waals surface area contributed by atoms with Crippen LogP contribution in [0.15, 0.2) is 81.3 Å². The largest absolute Gasteiger partial charge is 0.282 e. The SMILES string of the molecule is O=c1c2sc3ncccc3c2nc(SCc2cccc(Br)c2)n1Cc1ccc(F)cc1. The molecule has 0 bridgehead atoms. The number of benzene rings is 2. The van der Waals surface area contributed by atoms with Crippen molar-refractivity contribution in [1.82, 2.24) is 14.5 Å². The van der Waals surface area contributed by atoms with E-state index in [4.69, 9.17) is 4.98 Å². The van der Waals surface area contributed by atoms with E-state index < -0.39 is 0 Å². The zero-order chi connectivity index (χ0) is 21.4. The maximum Gasteiger partial charge on any atom is 0.272 e. The topological polar surface area (TPSA) is 47.8 Å². The van der Waals surface area contributed by atoms with Gasteiger partial charge in [-0.15, -0.1) is 11.3 Å². The van der Waals surface area contributed by atoms with Crippen LogP contribution in [-0.4, -0.2) is 14.5 Å². The summed E-state index contributed by atoms with van der Waals surface area (Å²) in [5.74, 6) is 0.366. The summed E-state index contributed by atoms with van der Waals surface area (Å²) in [6.45, 7) is 0.324. The van der Waals surface area contributed by atoms with Gasteiger partial charge in [0, 0.05) is 21.8 Å². The predicted octanol–water partition coefficient (Wildman–Crippen LogP) is 6.25. The standard InChI is InChI=1S/C23H15BrFN3OS2/c24-16-4-1-3-15(11-16)13-30-23-27-19-18-5-2-10-26-21(18)31-20(19)22(29)28(23)12-14-6-8-17(25)9-7-14/h1-11H,12-13H2. The summed E-state index contributed by atoms with van der Waals surface area (Å²) in [5.41, 5.74) is 2.55. The van der Waals surface area contributed by atoms with Gasteiger partial charge in [0.15, 0.2) is 5.16 Å². The molecule has 0 N–H and O–H groups in total. The molecule has 0 aliphatic heterocycles. The lowest BCUT2D eigenvalue weighted by Crippen LogP contribution is -2.23. The molecule has 0 fully saturated rings. The van der Waals surface area contributed by atoms with Crippen LogP contribution in [0.1, 0.15) is 11.1 Å².